The highest BCUT2D eigenvalue weighted by Crippen LogP contribution is 2.30. The first-order chi connectivity index (χ1) is 19.7. The number of nitrogens with zero attached hydrogens (tertiary/aromatic N) is 4. The van der Waals surface area contributed by atoms with Gasteiger partial charge in [-0.2, -0.15) is 13.2 Å². The lowest BCUT2D eigenvalue weighted by molar-refractivity contribution is -0.137. The zero-order chi connectivity index (χ0) is 29.0. The summed E-state index contributed by atoms with van der Waals surface area (Å²) >= 11 is 0. The molecule has 0 aliphatic carbocycles. The number of halogens is 3. The summed E-state index contributed by atoms with van der Waals surface area (Å²) in [5.41, 5.74) is 1.91. The summed E-state index contributed by atoms with van der Waals surface area (Å²) < 4.78 is 44.3. The van der Waals surface area contributed by atoms with Crippen LogP contribution in [0.4, 0.5) is 24.7 Å². The van der Waals surface area contributed by atoms with Crippen molar-refractivity contribution in [3.8, 4) is 17.0 Å². The third-order valence-electron chi connectivity index (χ3n) is 6.75. The van der Waals surface area contributed by atoms with Crippen LogP contribution in [0.2, 0.25) is 0 Å². The van der Waals surface area contributed by atoms with Crippen molar-refractivity contribution in [1.82, 2.24) is 19.8 Å². The summed E-state index contributed by atoms with van der Waals surface area (Å²) in [6.45, 7) is 1.00. The van der Waals surface area contributed by atoms with E-state index >= 15 is 0 Å². The molecule has 1 aliphatic heterocycles. The number of hydrogen-bond donors (Lipinski definition) is 1. The van der Waals surface area contributed by atoms with Crippen molar-refractivity contribution >= 4 is 23.3 Å². The lowest BCUT2D eigenvalue weighted by Gasteiger charge is -2.35. The Labute approximate surface area is 234 Å². The zero-order valence-electron chi connectivity index (χ0n) is 22.1. The van der Waals surface area contributed by atoms with Crippen molar-refractivity contribution in [3.63, 3.8) is 0 Å². The second-order valence-corrected chi connectivity index (χ2v) is 9.38. The fourth-order valence-electron chi connectivity index (χ4n) is 4.50. The number of hydrogen-bond acceptors (Lipinski definition) is 6. The van der Waals surface area contributed by atoms with Crippen LogP contribution in [0, 0.1) is 0 Å². The van der Waals surface area contributed by atoms with E-state index in [4.69, 9.17) is 4.74 Å². The maximum absolute atomic E-state index is 13.1. The van der Waals surface area contributed by atoms with Crippen LogP contribution in [0.5, 0.6) is 5.75 Å². The summed E-state index contributed by atoms with van der Waals surface area (Å²) in [6, 6.07) is 20.7. The lowest BCUT2D eigenvalue weighted by Crippen LogP contribution is -2.50. The number of carbonyl (C=O) groups excluding carboxylic acids is 2. The molecular weight excluding hydrogens is 535 g/mol. The molecule has 1 N–H and O–H groups in total. The van der Waals surface area contributed by atoms with E-state index in [1.807, 2.05) is 30.3 Å². The minimum atomic E-state index is -4.53. The predicted molar refractivity (Wildman–Crippen MR) is 147 cm³/mol. The van der Waals surface area contributed by atoms with E-state index in [2.05, 4.69) is 15.3 Å². The van der Waals surface area contributed by atoms with Crippen LogP contribution in [0.15, 0.2) is 85.2 Å². The molecule has 0 saturated carbocycles. The normalized spacial score (nSPS) is 13.6. The van der Waals surface area contributed by atoms with E-state index in [1.165, 1.54) is 23.4 Å². The van der Waals surface area contributed by atoms with Gasteiger partial charge in [0.15, 0.2) is 0 Å². The number of benzene rings is 3. The lowest BCUT2D eigenvalue weighted by atomic mass is 10.1. The molecule has 5 rings (SSSR count). The second-order valence-electron chi connectivity index (χ2n) is 9.38. The van der Waals surface area contributed by atoms with Crippen molar-refractivity contribution in [2.75, 3.05) is 38.6 Å². The smallest absolute Gasteiger partial charge is 0.416 e. The van der Waals surface area contributed by atoms with Gasteiger partial charge in [0.25, 0.3) is 11.8 Å². The van der Waals surface area contributed by atoms with Gasteiger partial charge in [-0.25, -0.2) is 9.97 Å². The van der Waals surface area contributed by atoms with E-state index in [1.54, 1.807) is 36.3 Å². The Kier molecular flexibility index (Phi) is 7.86. The molecule has 0 radical (unpaired) electrons. The number of ether oxygens (including phenoxy) is 1. The van der Waals surface area contributed by atoms with Gasteiger partial charge in [0.2, 0.25) is 0 Å². The standard InChI is InChI=1S/C30H26F3N5O3/c1-41-25-11-9-24(10-12-25)36-27-18-26(34-19-35-27)20-5-7-21(8-6-20)28(39)37-13-15-38(16-14-37)29(40)22-3-2-4-23(17-22)30(31,32)33/h2-12,17-19H,13-16H2,1H3,(H,34,35,36). The maximum Gasteiger partial charge on any atom is 0.416 e. The Balaban J connectivity index is 1.19. The Morgan fingerprint density at radius 1 is 0.805 bits per heavy atom. The second kappa shape index (κ2) is 11.7. The van der Waals surface area contributed by atoms with Crippen LogP contribution in [0.3, 0.4) is 0 Å². The Hall–Kier alpha value is -4.93. The number of nitrogens with one attached hydrogen (secondary N) is 1. The quantitative estimate of drug-likeness (QED) is 0.334. The molecule has 0 unspecified atom stereocenters. The van der Waals surface area contributed by atoms with E-state index in [9.17, 15) is 22.8 Å². The highest BCUT2D eigenvalue weighted by atomic mass is 19.4. The molecule has 8 nitrogen and oxygen atoms in total. The van der Waals surface area contributed by atoms with Gasteiger partial charge in [-0.15, -0.1) is 0 Å². The fraction of sp³-hybridized carbons (Fsp3) is 0.200. The number of piperazine rings is 1. The average Bonchev–Trinajstić information content (AvgIpc) is 3.01. The molecule has 210 valence electrons. The molecule has 11 heteroatoms. The number of methoxy groups -OCH3 is 1. The van der Waals surface area contributed by atoms with Gasteiger partial charge in [0, 0.05) is 54.6 Å². The van der Waals surface area contributed by atoms with E-state index in [0.29, 0.717) is 17.1 Å². The first-order valence-electron chi connectivity index (χ1n) is 12.8. The van der Waals surface area contributed by atoms with Crippen molar-refractivity contribution in [1.29, 1.82) is 0 Å². The van der Waals surface area contributed by atoms with Gasteiger partial charge >= 0.3 is 6.18 Å². The number of aromatic nitrogens is 2. The Bertz CT molecular complexity index is 1530. The molecule has 3 aromatic carbocycles. The number of amides is 2. The topological polar surface area (TPSA) is 87.7 Å². The summed E-state index contributed by atoms with van der Waals surface area (Å²) in [4.78, 5) is 37.6. The molecule has 2 amide bonds. The van der Waals surface area contributed by atoms with Crippen LogP contribution in [-0.4, -0.2) is 64.9 Å². The van der Waals surface area contributed by atoms with Crippen LogP contribution in [0.25, 0.3) is 11.3 Å². The Morgan fingerprint density at radius 2 is 1.44 bits per heavy atom. The molecule has 1 fully saturated rings. The first kappa shape index (κ1) is 27.6. The number of carbonyl (C=O) groups is 2. The predicted octanol–water partition coefficient (Wildman–Crippen LogP) is 5.51. The fourth-order valence-corrected chi connectivity index (χ4v) is 4.50. The molecule has 0 spiro atoms. The van der Waals surface area contributed by atoms with E-state index < -0.39 is 17.6 Å². The van der Waals surface area contributed by atoms with Gasteiger partial charge in [-0.1, -0.05) is 18.2 Å². The molecule has 0 atom stereocenters. The zero-order valence-corrected chi connectivity index (χ0v) is 22.1. The largest absolute Gasteiger partial charge is 0.497 e. The van der Waals surface area contributed by atoms with Gasteiger partial charge in [-0.05, 0) is 54.6 Å². The molecule has 1 aromatic heterocycles. The minimum absolute atomic E-state index is 0.0257. The third kappa shape index (κ3) is 6.46. The number of anilines is 2. The summed E-state index contributed by atoms with van der Waals surface area (Å²) in [5, 5.41) is 3.22. The van der Waals surface area contributed by atoms with Crippen LogP contribution >= 0.6 is 0 Å². The van der Waals surface area contributed by atoms with Gasteiger partial charge < -0.3 is 19.9 Å². The minimum Gasteiger partial charge on any atom is -0.497 e. The third-order valence-corrected chi connectivity index (χ3v) is 6.75. The summed E-state index contributed by atoms with van der Waals surface area (Å²) in [6.07, 6.45) is -3.07. The van der Waals surface area contributed by atoms with Crippen LogP contribution in [-0.2, 0) is 6.18 Å². The molecule has 2 heterocycles. The van der Waals surface area contributed by atoms with Crippen molar-refractivity contribution in [2.24, 2.45) is 0 Å². The Morgan fingerprint density at radius 3 is 2.05 bits per heavy atom. The van der Waals surface area contributed by atoms with Gasteiger partial charge in [0.05, 0.1) is 18.4 Å². The van der Waals surface area contributed by atoms with Crippen molar-refractivity contribution in [2.45, 2.75) is 6.18 Å². The van der Waals surface area contributed by atoms with Gasteiger partial charge in [0.1, 0.15) is 17.9 Å². The molecular formula is C30H26F3N5O3. The van der Waals surface area contributed by atoms with Gasteiger partial charge in [-0.3, -0.25) is 9.59 Å². The monoisotopic (exact) mass is 561 g/mol. The summed E-state index contributed by atoms with van der Waals surface area (Å²) in [7, 11) is 1.61. The summed E-state index contributed by atoms with van der Waals surface area (Å²) in [5.74, 6) is 0.683. The first-order valence-corrected chi connectivity index (χ1v) is 12.8. The van der Waals surface area contributed by atoms with Crippen LogP contribution in [0.1, 0.15) is 26.3 Å². The SMILES string of the molecule is COc1ccc(Nc2cc(-c3ccc(C(=O)N4CCN(C(=O)c5cccc(C(F)(F)F)c5)CC4)cc3)ncn2)cc1. The van der Waals surface area contributed by atoms with Crippen molar-refractivity contribution in [3.05, 3.63) is 102 Å². The maximum atomic E-state index is 13.1. The van der Waals surface area contributed by atoms with E-state index in [0.717, 1.165) is 29.1 Å². The highest BCUT2D eigenvalue weighted by molar-refractivity contribution is 5.96. The highest BCUT2D eigenvalue weighted by Gasteiger charge is 2.32. The molecule has 41 heavy (non-hydrogen) atoms. The van der Waals surface area contributed by atoms with Crippen molar-refractivity contribution < 1.29 is 27.5 Å². The molecule has 1 aliphatic rings. The molecule has 0 bridgehead atoms. The molecule has 1 saturated heterocycles. The average molecular weight is 562 g/mol. The molecule has 4 aromatic rings. The van der Waals surface area contributed by atoms with E-state index in [-0.39, 0.29) is 37.6 Å². The number of alkyl halides is 3. The number of rotatable bonds is 6. The van der Waals surface area contributed by atoms with Crippen LogP contribution < -0.4 is 10.1 Å².